The number of guanidine groups is 1. The molecular weight excluding hydrogens is 459 g/mol. The number of nitrogens with zero attached hydrogens (tertiary/aromatic N) is 2. The van der Waals surface area contributed by atoms with Gasteiger partial charge in [0.25, 0.3) is 0 Å². The lowest BCUT2D eigenvalue weighted by Gasteiger charge is -2.39. The SMILES string of the molecule is CN=C(NCC1CCCN(C)C1c1cccs1)NCC1(O)CCCC1.I. The third kappa shape index (κ3) is 5.56. The molecule has 0 spiro atoms. The number of thiophene rings is 1. The van der Waals surface area contributed by atoms with Crippen LogP contribution in [0.3, 0.4) is 0 Å². The van der Waals surface area contributed by atoms with E-state index in [9.17, 15) is 5.11 Å². The van der Waals surface area contributed by atoms with Crippen molar-refractivity contribution in [3.8, 4) is 0 Å². The van der Waals surface area contributed by atoms with Gasteiger partial charge >= 0.3 is 0 Å². The van der Waals surface area contributed by atoms with Crippen LogP contribution in [0, 0.1) is 5.92 Å². The Kier molecular flexibility index (Phi) is 8.63. The molecule has 5 nitrogen and oxygen atoms in total. The van der Waals surface area contributed by atoms with Crippen LogP contribution in [0.2, 0.25) is 0 Å². The summed E-state index contributed by atoms with van der Waals surface area (Å²) in [6, 6.07) is 4.89. The minimum absolute atomic E-state index is 0. The van der Waals surface area contributed by atoms with Gasteiger partial charge in [-0.1, -0.05) is 18.9 Å². The molecule has 2 heterocycles. The van der Waals surface area contributed by atoms with Crippen LogP contribution in [0.25, 0.3) is 0 Å². The van der Waals surface area contributed by atoms with Crippen LogP contribution in [0.4, 0.5) is 0 Å². The van der Waals surface area contributed by atoms with Gasteiger partial charge in [-0.15, -0.1) is 35.3 Å². The second-order valence-corrected chi connectivity index (χ2v) is 8.56. The molecule has 2 aliphatic rings. The fraction of sp³-hybridized carbons (Fsp3) is 0.737. The number of piperidine rings is 1. The van der Waals surface area contributed by atoms with Crippen molar-refractivity contribution in [1.29, 1.82) is 0 Å². The summed E-state index contributed by atoms with van der Waals surface area (Å²) in [5, 5.41) is 19.5. The second-order valence-electron chi connectivity index (χ2n) is 7.58. The van der Waals surface area contributed by atoms with Gasteiger partial charge in [-0.3, -0.25) is 9.89 Å². The molecule has 7 heteroatoms. The third-order valence-electron chi connectivity index (χ3n) is 5.72. The number of likely N-dealkylation sites (tertiary alicyclic amines) is 1. The normalized spacial score (nSPS) is 26.3. The number of aliphatic hydroxyl groups is 1. The van der Waals surface area contributed by atoms with Crippen molar-refractivity contribution in [2.24, 2.45) is 10.9 Å². The topological polar surface area (TPSA) is 59.9 Å². The van der Waals surface area contributed by atoms with Crippen LogP contribution in [0.15, 0.2) is 22.5 Å². The maximum absolute atomic E-state index is 10.5. The highest BCUT2D eigenvalue weighted by atomic mass is 127. The van der Waals surface area contributed by atoms with Crippen molar-refractivity contribution in [3.63, 3.8) is 0 Å². The Hall–Kier alpha value is -0.380. The van der Waals surface area contributed by atoms with Crippen LogP contribution in [-0.4, -0.2) is 55.3 Å². The van der Waals surface area contributed by atoms with E-state index in [1.165, 1.54) is 24.3 Å². The molecule has 2 atom stereocenters. The molecule has 0 aromatic carbocycles. The molecular formula is C19H33IN4OS. The zero-order valence-electron chi connectivity index (χ0n) is 15.9. The number of nitrogens with one attached hydrogen (secondary N) is 2. The minimum atomic E-state index is -0.553. The van der Waals surface area contributed by atoms with Crippen LogP contribution >= 0.6 is 35.3 Å². The Labute approximate surface area is 178 Å². The second kappa shape index (κ2) is 10.2. The first-order chi connectivity index (χ1) is 12.1. The summed E-state index contributed by atoms with van der Waals surface area (Å²) in [4.78, 5) is 8.28. The van der Waals surface area contributed by atoms with E-state index in [4.69, 9.17) is 0 Å². The van der Waals surface area contributed by atoms with E-state index in [1.54, 1.807) is 7.05 Å². The first-order valence-electron chi connectivity index (χ1n) is 9.52. The van der Waals surface area contributed by atoms with Crippen molar-refractivity contribution < 1.29 is 5.11 Å². The average Bonchev–Trinajstić information content (AvgIpc) is 3.27. The number of hydrogen-bond donors (Lipinski definition) is 3. The van der Waals surface area contributed by atoms with E-state index in [0.29, 0.717) is 18.5 Å². The maximum Gasteiger partial charge on any atom is 0.191 e. The molecule has 3 rings (SSSR count). The molecule has 1 saturated heterocycles. The van der Waals surface area contributed by atoms with Crippen molar-refractivity contribution in [3.05, 3.63) is 22.4 Å². The van der Waals surface area contributed by atoms with E-state index in [2.05, 4.69) is 45.1 Å². The third-order valence-corrected chi connectivity index (χ3v) is 6.66. The molecule has 0 radical (unpaired) electrons. The number of rotatable bonds is 5. The minimum Gasteiger partial charge on any atom is -0.388 e. The highest BCUT2D eigenvalue weighted by molar-refractivity contribution is 14.0. The van der Waals surface area contributed by atoms with Gasteiger partial charge in [-0.2, -0.15) is 0 Å². The largest absolute Gasteiger partial charge is 0.388 e. The molecule has 3 N–H and O–H groups in total. The molecule has 1 aromatic rings. The van der Waals surface area contributed by atoms with E-state index >= 15 is 0 Å². The maximum atomic E-state index is 10.5. The molecule has 2 fully saturated rings. The molecule has 148 valence electrons. The highest BCUT2D eigenvalue weighted by Crippen LogP contribution is 2.36. The molecule has 1 aliphatic carbocycles. The number of halogens is 1. The zero-order valence-corrected chi connectivity index (χ0v) is 19.1. The molecule has 26 heavy (non-hydrogen) atoms. The van der Waals surface area contributed by atoms with E-state index in [0.717, 1.165) is 38.2 Å². The van der Waals surface area contributed by atoms with Gasteiger partial charge < -0.3 is 15.7 Å². The van der Waals surface area contributed by atoms with Crippen molar-refractivity contribution in [2.75, 3.05) is 33.7 Å². The molecule has 1 aliphatic heterocycles. The number of aliphatic imine (C=N–C) groups is 1. The summed E-state index contributed by atoms with van der Waals surface area (Å²) in [7, 11) is 4.04. The lowest BCUT2D eigenvalue weighted by Crippen LogP contribution is -2.48. The van der Waals surface area contributed by atoms with Gasteiger partial charge in [0, 0.05) is 31.1 Å². The first kappa shape index (κ1) is 21.9. The lowest BCUT2D eigenvalue weighted by molar-refractivity contribution is 0.0521. The molecule has 1 aromatic heterocycles. The summed E-state index contributed by atoms with van der Waals surface area (Å²) >= 11 is 1.86. The predicted molar refractivity (Wildman–Crippen MR) is 121 cm³/mol. The molecule has 1 saturated carbocycles. The van der Waals surface area contributed by atoms with Gasteiger partial charge in [-0.25, -0.2) is 0 Å². The Morgan fingerprint density at radius 3 is 2.77 bits per heavy atom. The Bertz CT molecular complexity index is 560. The predicted octanol–water partition coefficient (Wildman–Crippen LogP) is 3.22. The van der Waals surface area contributed by atoms with Crippen LogP contribution in [0.5, 0.6) is 0 Å². The van der Waals surface area contributed by atoms with E-state index in [1.807, 2.05) is 11.3 Å². The summed E-state index contributed by atoms with van der Waals surface area (Å²) < 4.78 is 0. The smallest absolute Gasteiger partial charge is 0.191 e. The van der Waals surface area contributed by atoms with Gasteiger partial charge in [0.05, 0.1) is 5.60 Å². The first-order valence-corrected chi connectivity index (χ1v) is 10.4. The monoisotopic (exact) mass is 492 g/mol. The molecule has 2 unspecified atom stereocenters. The molecule has 0 amide bonds. The molecule has 0 bridgehead atoms. The van der Waals surface area contributed by atoms with Crippen molar-refractivity contribution >= 4 is 41.3 Å². The standard InChI is InChI=1S/C19H32N4OS.HI/c1-20-18(22-14-19(24)9-3-4-10-19)21-13-15-7-5-11-23(2)17(15)16-8-6-12-25-16;/h6,8,12,15,17,24H,3-5,7,9-11,13-14H2,1-2H3,(H2,20,21,22);1H. The van der Waals surface area contributed by atoms with E-state index < -0.39 is 5.60 Å². The fourth-order valence-corrected chi connectivity index (χ4v) is 5.27. The van der Waals surface area contributed by atoms with Gasteiger partial charge in [-0.05, 0) is 56.6 Å². The summed E-state index contributed by atoms with van der Waals surface area (Å²) in [6.45, 7) is 2.66. The van der Waals surface area contributed by atoms with Crippen LogP contribution < -0.4 is 10.6 Å². The summed E-state index contributed by atoms with van der Waals surface area (Å²) in [5.41, 5.74) is -0.553. The van der Waals surface area contributed by atoms with Crippen LogP contribution in [-0.2, 0) is 0 Å². The van der Waals surface area contributed by atoms with Gasteiger partial charge in [0.1, 0.15) is 0 Å². The van der Waals surface area contributed by atoms with Gasteiger partial charge in [0.2, 0.25) is 0 Å². The van der Waals surface area contributed by atoms with E-state index in [-0.39, 0.29) is 24.0 Å². The van der Waals surface area contributed by atoms with Crippen molar-refractivity contribution in [1.82, 2.24) is 15.5 Å². The zero-order chi connectivity index (χ0) is 17.7. The summed E-state index contributed by atoms with van der Waals surface area (Å²) in [5.74, 6) is 1.38. The lowest BCUT2D eigenvalue weighted by atomic mass is 9.88. The van der Waals surface area contributed by atoms with Crippen LogP contribution in [0.1, 0.15) is 49.4 Å². The Morgan fingerprint density at radius 2 is 2.12 bits per heavy atom. The number of hydrogen-bond acceptors (Lipinski definition) is 4. The fourth-order valence-electron chi connectivity index (χ4n) is 4.29. The Balaban J connectivity index is 0.00000243. The average molecular weight is 492 g/mol. The Morgan fingerprint density at radius 1 is 1.35 bits per heavy atom. The van der Waals surface area contributed by atoms with Gasteiger partial charge in [0.15, 0.2) is 5.96 Å². The highest BCUT2D eigenvalue weighted by Gasteiger charge is 2.32. The quantitative estimate of drug-likeness (QED) is 0.336. The summed E-state index contributed by atoms with van der Waals surface area (Å²) in [6.07, 6.45) is 6.52. The van der Waals surface area contributed by atoms with Crippen molar-refractivity contribution in [2.45, 2.75) is 50.2 Å².